The molecule has 0 fully saturated rings. The molecule has 0 bridgehead atoms. The molecule has 48 heavy (non-hydrogen) atoms. The first kappa shape index (κ1) is 45.3. The second kappa shape index (κ2) is 38.8. The van der Waals surface area contributed by atoms with Gasteiger partial charge in [-0.15, -0.1) is 0 Å². The van der Waals surface area contributed by atoms with Crippen LogP contribution in [0, 0.1) is 0 Å². The maximum Gasteiger partial charge on any atom is 0.306 e. The van der Waals surface area contributed by atoms with E-state index in [1.54, 1.807) is 0 Å². The van der Waals surface area contributed by atoms with E-state index in [-0.39, 0.29) is 31.6 Å². The maximum atomic E-state index is 12.1. The molecule has 0 amide bonds. The lowest BCUT2D eigenvalue weighted by Gasteiger charge is -2.15. The molecule has 1 unspecified atom stereocenters. The zero-order valence-corrected chi connectivity index (χ0v) is 31.0. The number of carbonyl (C=O) groups is 2. The van der Waals surface area contributed by atoms with Gasteiger partial charge in [-0.05, 0) is 77.0 Å². The Balaban J connectivity index is 3.75. The predicted octanol–water partition coefficient (Wildman–Crippen LogP) is 12.2. The molecule has 0 saturated carbocycles. The van der Waals surface area contributed by atoms with Gasteiger partial charge in [0, 0.05) is 12.8 Å². The molecule has 1 N–H and O–H groups in total. The molecule has 0 aromatic carbocycles. The summed E-state index contributed by atoms with van der Waals surface area (Å²) in [6.45, 7) is 4.02. The molecule has 0 rings (SSSR count). The molecule has 5 nitrogen and oxygen atoms in total. The molecule has 0 spiro atoms. The molecule has 0 aliphatic heterocycles. The monoisotopic (exact) mass is 669 g/mol. The molecule has 0 aliphatic carbocycles. The van der Waals surface area contributed by atoms with Crippen molar-refractivity contribution in [2.75, 3.05) is 13.2 Å². The number of ether oxygens (including phenoxy) is 2. The Morgan fingerprint density at radius 3 is 1.25 bits per heavy atom. The van der Waals surface area contributed by atoms with Gasteiger partial charge < -0.3 is 14.6 Å². The Morgan fingerprint density at radius 2 is 0.833 bits per heavy atom. The van der Waals surface area contributed by atoms with Crippen molar-refractivity contribution in [1.29, 1.82) is 0 Å². The lowest BCUT2D eigenvalue weighted by molar-refractivity contribution is -0.161. The van der Waals surface area contributed by atoms with Crippen LogP contribution in [-0.2, 0) is 19.1 Å². The van der Waals surface area contributed by atoms with Crippen molar-refractivity contribution in [3.63, 3.8) is 0 Å². The van der Waals surface area contributed by atoms with Crippen LogP contribution in [0.3, 0.4) is 0 Å². The van der Waals surface area contributed by atoms with E-state index in [9.17, 15) is 14.7 Å². The van der Waals surface area contributed by atoms with Crippen LogP contribution in [0.4, 0.5) is 0 Å². The highest BCUT2D eigenvalue weighted by Crippen LogP contribution is 2.09. The van der Waals surface area contributed by atoms with Gasteiger partial charge in [-0.25, -0.2) is 0 Å². The van der Waals surface area contributed by atoms with E-state index in [1.165, 1.54) is 89.9 Å². The highest BCUT2D eigenvalue weighted by atomic mass is 16.6. The molecular weight excluding hydrogens is 596 g/mol. The first-order chi connectivity index (χ1) is 23.6. The third-order valence-corrected chi connectivity index (χ3v) is 7.97. The molecule has 0 aliphatic rings. The average Bonchev–Trinajstić information content (AvgIpc) is 3.09. The minimum Gasteiger partial charge on any atom is -0.462 e. The molecule has 1 atom stereocenters. The summed E-state index contributed by atoms with van der Waals surface area (Å²) in [5, 5.41) is 9.53. The number of hydrogen-bond acceptors (Lipinski definition) is 5. The Hall–Kier alpha value is -2.66. The first-order valence-corrected chi connectivity index (χ1v) is 19.5. The predicted molar refractivity (Wildman–Crippen MR) is 205 cm³/mol. The van der Waals surface area contributed by atoms with Crippen molar-refractivity contribution in [2.45, 2.75) is 174 Å². The Morgan fingerprint density at radius 1 is 0.479 bits per heavy atom. The zero-order valence-electron chi connectivity index (χ0n) is 31.0. The molecule has 0 saturated heterocycles. The summed E-state index contributed by atoms with van der Waals surface area (Å²) in [6.07, 6.45) is 51.1. The van der Waals surface area contributed by atoms with Crippen LogP contribution in [0.25, 0.3) is 0 Å². The fourth-order valence-corrected chi connectivity index (χ4v) is 5.00. The summed E-state index contributed by atoms with van der Waals surface area (Å²) in [4.78, 5) is 24.2. The number of hydrogen-bond donors (Lipinski definition) is 1. The van der Waals surface area contributed by atoms with E-state index in [2.05, 4.69) is 86.8 Å². The van der Waals surface area contributed by atoms with E-state index in [4.69, 9.17) is 9.47 Å². The van der Waals surface area contributed by atoms with E-state index in [1.807, 2.05) is 0 Å². The smallest absolute Gasteiger partial charge is 0.306 e. The summed E-state index contributed by atoms with van der Waals surface area (Å²) >= 11 is 0. The van der Waals surface area contributed by atoms with Crippen LogP contribution in [0.15, 0.2) is 72.9 Å². The summed E-state index contributed by atoms with van der Waals surface area (Å²) in [5.74, 6) is -0.719. The summed E-state index contributed by atoms with van der Waals surface area (Å²) in [5.41, 5.74) is 0. The summed E-state index contributed by atoms with van der Waals surface area (Å²) in [6, 6.07) is 0. The topological polar surface area (TPSA) is 72.8 Å². The minimum absolute atomic E-state index is 0.115. The zero-order chi connectivity index (χ0) is 35.0. The normalized spacial score (nSPS) is 13.0. The van der Waals surface area contributed by atoms with Gasteiger partial charge in [-0.1, -0.05) is 151 Å². The summed E-state index contributed by atoms with van der Waals surface area (Å²) < 4.78 is 10.5. The lowest BCUT2D eigenvalue weighted by atomic mass is 10.1. The number of aliphatic hydroxyl groups is 1. The highest BCUT2D eigenvalue weighted by Gasteiger charge is 2.15. The number of allylic oxidation sites excluding steroid dienone is 12. The number of esters is 2. The van der Waals surface area contributed by atoms with Gasteiger partial charge in [0.15, 0.2) is 6.10 Å². The quantitative estimate of drug-likeness (QED) is 0.0420. The van der Waals surface area contributed by atoms with Gasteiger partial charge in [-0.2, -0.15) is 0 Å². The summed E-state index contributed by atoms with van der Waals surface area (Å²) in [7, 11) is 0. The second-order valence-corrected chi connectivity index (χ2v) is 12.6. The van der Waals surface area contributed by atoms with Crippen LogP contribution < -0.4 is 0 Å². The number of aliphatic hydroxyl groups excluding tert-OH is 1. The Kier molecular flexibility index (Phi) is 36.6. The van der Waals surface area contributed by atoms with Gasteiger partial charge in [-0.3, -0.25) is 9.59 Å². The molecule has 0 heterocycles. The number of unbranched alkanes of at least 4 members (excludes halogenated alkanes) is 14. The third kappa shape index (κ3) is 36.2. The number of rotatable bonds is 34. The third-order valence-electron chi connectivity index (χ3n) is 7.97. The van der Waals surface area contributed by atoms with Crippen LogP contribution in [0.5, 0.6) is 0 Å². The van der Waals surface area contributed by atoms with Crippen LogP contribution >= 0.6 is 0 Å². The van der Waals surface area contributed by atoms with E-state index in [0.29, 0.717) is 19.3 Å². The second-order valence-electron chi connectivity index (χ2n) is 12.6. The van der Waals surface area contributed by atoms with Gasteiger partial charge >= 0.3 is 11.9 Å². The van der Waals surface area contributed by atoms with Crippen molar-refractivity contribution in [2.24, 2.45) is 0 Å². The van der Waals surface area contributed by atoms with Crippen LogP contribution in [0.1, 0.15) is 168 Å². The number of carbonyl (C=O) groups excluding carboxylic acids is 2. The fraction of sp³-hybridized carbons (Fsp3) is 0.674. The van der Waals surface area contributed by atoms with Crippen molar-refractivity contribution < 1.29 is 24.2 Å². The first-order valence-electron chi connectivity index (χ1n) is 19.5. The lowest BCUT2D eigenvalue weighted by Crippen LogP contribution is -2.28. The molecule has 0 aromatic rings. The van der Waals surface area contributed by atoms with E-state index in [0.717, 1.165) is 38.5 Å². The van der Waals surface area contributed by atoms with E-state index >= 15 is 0 Å². The van der Waals surface area contributed by atoms with Crippen molar-refractivity contribution >= 4 is 11.9 Å². The van der Waals surface area contributed by atoms with Gasteiger partial charge in [0.25, 0.3) is 0 Å². The van der Waals surface area contributed by atoms with Crippen molar-refractivity contribution in [1.82, 2.24) is 0 Å². The van der Waals surface area contributed by atoms with Gasteiger partial charge in [0.05, 0.1) is 6.61 Å². The maximum absolute atomic E-state index is 12.1. The SMILES string of the molecule is CCCCCCCCC=CCC=CCC=CCCCC(=O)OCC(CO)OC(=O)CCCC=CCC=CCC=CCCCCCCCC. The molecular formula is C43H72O5. The highest BCUT2D eigenvalue weighted by molar-refractivity contribution is 5.70. The van der Waals surface area contributed by atoms with Crippen molar-refractivity contribution in [3.05, 3.63) is 72.9 Å². The molecule has 5 heteroatoms. The largest absolute Gasteiger partial charge is 0.462 e. The van der Waals surface area contributed by atoms with E-state index < -0.39 is 6.10 Å². The Bertz CT molecular complexity index is 895. The molecule has 274 valence electrons. The molecule has 0 aromatic heterocycles. The van der Waals surface area contributed by atoms with Crippen molar-refractivity contribution in [3.8, 4) is 0 Å². The average molecular weight is 669 g/mol. The molecule has 0 radical (unpaired) electrons. The minimum atomic E-state index is -0.820. The van der Waals surface area contributed by atoms with Gasteiger partial charge in [0.2, 0.25) is 0 Å². The standard InChI is InChI=1S/C43H72O5/c1-3-5-7-9-11-13-15-17-19-21-23-25-27-29-31-33-35-37-42(45)47-40-41(39-44)48-43(46)38-36-34-32-30-28-26-24-22-20-18-16-14-12-10-8-6-4-2/h17-20,23-26,29-32,41,44H,3-16,21-22,27-28,33-40H2,1-2H3. The fourth-order valence-electron chi connectivity index (χ4n) is 5.00. The Labute approximate surface area is 295 Å². The van der Waals surface area contributed by atoms with Crippen LogP contribution in [0.2, 0.25) is 0 Å². The van der Waals surface area contributed by atoms with Crippen LogP contribution in [-0.4, -0.2) is 36.4 Å². The van der Waals surface area contributed by atoms with Gasteiger partial charge in [0.1, 0.15) is 6.61 Å².